The van der Waals surface area contributed by atoms with Crippen LogP contribution in [0.4, 0.5) is 0 Å². The standard InChI is InChI=1S/C23H28N2O3/c1-16(21-12-6-14-28-21)24-22(26)18-9-5-13-25(15-18)23(27)20-11-4-8-17-7-2-3-10-19(17)20/h2-4,7-8,10-11,16,18,21H,5-6,9,12-15H2,1H3,(H,24,26). The Balaban J connectivity index is 1.44. The van der Waals surface area contributed by atoms with Gasteiger partial charge in [0.25, 0.3) is 5.91 Å². The van der Waals surface area contributed by atoms with Gasteiger partial charge in [0.1, 0.15) is 0 Å². The van der Waals surface area contributed by atoms with Crippen LogP contribution in [0.25, 0.3) is 10.8 Å². The second-order valence-electron chi connectivity index (χ2n) is 7.97. The highest BCUT2D eigenvalue weighted by Crippen LogP contribution is 2.24. The van der Waals surface area contributed by atoms with E-state index in [1.54, 1.807) is 0 Å². The van der Waals surface area contributed by atoms with Crippen molar-refractivity contribution in [1.29, 1.82) is 0 Å². The topological polar surface area (TPSA) is 58.6 Å². The fourth-order valence-electron chi connectivity index (χ4n) is 4.39. The van der Waals surface area contributed by atoms with E-state index in [1.165, 1.54) is 0 Å². The van der Waals surface area contributed by atoms with Crippen molar-refractivity contribution >= 4 is 22.6 Å². The van der Waals surface area contributed by atoms with E-state index in [-0.39, 0.29) is 29.9 Å². The molecule has 28 heavy (non-hydrogen) atoms. The summed E-state index contributed by atoms with van der Waals surface area (Å²) in [5, 5.41) is 5.15. The molecule has 0 bridgehead atoms. The zero-order valence-corrected chi connectivity index (χ0v) is 16.4. The third-order valence-corrected chi connectivity index (χ3v) is 5.99. The maximum atomic E-state index is 13.2. The van der Waals surface area contributed by atoms with Crippen LogP contribution in [0, 0.1) is 5.92 Å². The van der Waals surface area contributed by atoms with Crippen LogP contribution in [0.1, 0.15) is 43.0 Å². The van der Waals surface area contributed by atoms with E-state index in [0.29, 0.717) is 18.7 Å². The Morgan fingerprint density at radius 1 is 1.11 bits per heavy atom. The smallest absolute Gasteiger partial charge is 0.254 e. The number of carbonyl (C=O) groups excluding carboxylic acids is 2. The van der Waals surface area contributed by atoms with Crippen molar-refractivity contribution in [3.05, 3.63) is 48.0 Å². The van der Waals surface area contributed by atoms with Crippen LogP contribution < -0.4 is 5.32 Å². The Hall–Kier alpha value is -2.40. The Labute approximate surface area is 166 Å². The molecule has 2 aromatic rings. The molecule has 2 aliphatic heterocycles. The number of amides is 2. The van der Waals surface area contributed by atoms with Crippen LogP contribution >= 0.6 is 0 Å². The zero-order valence-electron chi connectivity index (χ0n) is 16.4. The average Bonchev–Trinajstić information content (AvgIpc) is 3.28. The number of hydrogen-bond donors (Lipinski definition) is 1. The van der Waals surface area contributed by atoms with Crippen molar-refractivity contribution in [2.45, 2.75) is 44.8 Å². The van der Waals surface area contributed by atoms with Crippen LogP contribution in [0.3, 0.4) is 0 Å². The lowest BCUT2D eigenvalue weighted by atomic mass is 9.95. The number of piperidine rings is 1. The summed E-state index contributed by atoms with van der Waals surface area (Å²) >= 11 is 0. The van der Waals surface area contributed by atoms with Gasteiger partial charge in [-0.3, -0.25) is 9.59 Å². The van der Waals surface area contributed by atoms with Gasteiger partial charge in [0, 0.05) is 25.3 Å². The number of benzene rings is 2. The first kappa shape index (κ1) is 18.9. The highest BCUT2D eigenvalue weighted by atomic mass is 16.5. The molecule has 1 N–H and O–H groups in total. The second kappa shape index (κ2) is 8.31. The van der Waals surface area contributed by atoms with Crippen LogP contribution in [-0.4, -0.2) is 48.6 Å². The average molecular weight is 380 g/mol. The van der Waals surface area contributed by atoms with Gasteiger partial charge in [-0.15, -0.1) is 0 Å². The molecule has 0 spiro atoms. The quantitative estimate of drug-likeness (QED) is 0.885. The maximum absolute atomic E-state index is 13.2. The van der Waals surface area contributed by atoms with Crippen molar-refractivity contribution in [3.8, 4) is 0 Å². The van der Waals surface area contributed by atoms with Crippen LogP contribution in [-0.2, 0) is 9.53 Å². The summed E-state index contributed by atoms with van der Waals surface area (Å²) in [6.45, 7) is 3.97. The first-order valence-corrected chi connectivity index (χ1v) is 10.3. The molecule has 2 heterocycles. The molecule has 3 unspecified atom stereocenters. The third kappa shape index (κ3) is 3.90. The molecule has 5 heteroatoms. The lowest BCUT2D eigenvalue weighted by molar-refractivity contribution is -0.127. The summed E-state index contributed by atoms with van der Waals surface area (Å²) in [5.74, 6) is -0.101. The van der Waals surface area contributed by atoms with E-state index in [2.05, 4.69) is 5.32 Å². The van der Waals surface area contributed by atoms with Crippen molar-refractivity contribution in [1.82, 2.24) is 10.2 Å². The Bertz CT molecular complexity index is 855. The maximum Gasteiger partial charge on any atom is 0.254 e. The van der Waals surface area contributed by atoms with E-state index in [0.717, 1.165) is 43.1 Å². The predicted molar refractivity (Wildman–Crippen MR) is 109 cm³/mol. The lowest BCUT2D eigenvalue weighted by Gasteiger charge is -2.33. The minimum atomic E-state index is -0.156. The second-order valence-corrected chi connectivity index (χ2v) is 7.97. The first-order valence-electron chi connectivity index (χ1n) is 10.3. The highest BCUT2D eigenvalue weighted by Gasteiger charge is 2.31. The third-order valence-electron chi connectivity index (χ3n) is 5.99. The number of ether oxygens (including phenoxy) is 1. The Kier molecular flexibility index (Phi) is 5.62. The molecule has 148 valence electrons. The molecule has 2 aliphatic rings. The van der Waals surface area contributed by atoms with E-state index in [1.807, 2.05) is 54.3 Å². The summed E-state index contributed by atoms with van der Waals surface area (Å²) in [6.07, 6.45) is 3.84. The molecule has 0 saturated carbocycles. The molecule has 0 aromatic heterocycles. The highest BCUT2D eigenvalue weighted by molar-refractivity contribution is 6.07. The number of carbonyl (C=O) groups is 2. The first-order chi connectivity index (χ1) is 13.6. The van der Waals surface area contributed by atoms with Gasteiger partial charge in [0.05, 0.1) is 18.1 Å². The largest absolute Gasteiger partial charge is 0.376 e. The van der Waals surface area contributed by atoms with E-state index in [9.17, 15) is 9.59 Å². The summed E-state index contributed by atoms with van der Waals surface area (Å²) in [6, 6.07) is 13.8. The molecule has 0 radical (unpaired) electrons. The summed E-state index contributed by atoms with van der Waals surface area (Å²) in [7, 11) is 0. The molecule has 2 fully saturated rings. The number of likely N-dealkylation sites (tertiary alicyclic amines) is 1. The van der Waals surface area contributed by atoms with Crippen LogP contribution in [0.15, 0.2) is 42.5 Å². The summed E-state index contributed by atoms with van der Waals surface area (Å²) in [4.78, 5) is 27.8. The predicted octanol–water partition coefficient (Wildman–Crippen LogP) is 3.38. The van der Waals surface area contributed by atoms with Crippen molar-refractivity contribution in [2.24, 2.45) is 5.92 Å². The Morgan fingerprint density at radius 2 is 1.93 bits per heavy atom. The summed E-state index contributed by atoms with van der Waals surface area (Å²) < 4.78 is 5.68. The van der Waals surface area contributed by atoms with Gasteiger partial charge in [-0.25, -0.2) is 0 Å². The number of fused-ring (bicyclic) bond motifs is 1. The minimum Gasteiger partial charge on any atom is -0.376 e. The number of nitrogens with zero attached hydrogens (tertiary/aromatic N) is 1. The fourth-order valence-corrected chi connectivity index (χ4v) is 4.39. The monoisotopic (exact) mass is 380 g/mol. The molecule has 2 amide bonds. The van der Waals surface area contributed by atoms with E-state index >= 15 is 0 Å². The van der Waals surface area contributed by atoms with Gasteiger partial charge in [-0.1, -0.05) is 36.4 Å². The minimum absolute atomic E-state index is 0.0131. The van der Waals surface area contributed by atoms with Gasteiger partial charge < -0.3 is 15.0 Å². The van der Waals surface area contributed by atoms with Gasteiger partial charge in [-0.2, -0.15) is 0 Å². The van der Waals surface area contributed by atoms with Crippen molar-refractivity contribution in [3.63, 3.8) is 0 Å². The number of nitrogens with one attached hydrogen (secondary N) is 1. The van der Waals surface area contributed by atoms with Gasteiger partial charge in [-0.05, 0) is 49.4 Å². The lowest BCUT2D eigenvalue weighted by Crippen LogP contribution is -2.49. The zero-order chi connectivity index (χ0) is 19.5. The molecule has 0 aliphatic carbocycles. The fraction of sp³-hybridized carbons (Fsp3) is 0.478. The number of hydrogen-bond acceptors (Lipinski definition) is 3. The van der Waals surface area contributed by atoms with E-state index < -0.39 is 0 Å². The molecular formula is C23H28N2O3. The Morgan fingerprint density at radius 3 is 2.75 bits per heavy atom. The molecule has 5 nitrogen and oxygen atoms in total. The molecule has 4 rings (SSSR count). The van der Waals surface area contributed by atoms with Crippen LogP contribution in [0.5, 0.6) is 0 Å². The van der Waals surface area contributed by atoms with Crippen molar-refractivity contribution in [2.75, 3.05) is 19.7 Å². The molecule has 3 atom stereocenters. The molecular weight excluding hydrogens is 352 g/mol. The van der Waals surface area contributed by atoms with Crippen molar-refractivity contribution < 1.29 is 14.3 Å². The SMILES string of the molecule is CC(NC(=O)C1CCCN(C(=O)c2cccc3ccccc23)C1)C1CCCO1. The number of rotatable bonds is 4. The van der Waals surface area contributed by atoms with Gasteiger partial charge in [0.15, 0.2) is 0 Å². The molecule has 2 saturated heterocycles. The van der Waals surface area contributed by atoms with Crippen LogP contribution in [0.2, 0.25) is 0 Å². The van der Waals surface area contributed by atoms with E-state index in [4.69, 9.17) is 4.74 Å². The summed E-state index contributed by atoms with van der Waals surface area (Å²) in [5.41, 5.74) is 0.715. The van der Waals surface area contributed by atoms with Gasteiger partial charge >= 0.3 is 0 Å². The normalized spacial score (nSPS) is 23.5. The molecule has 2 aromatic carbocycles. The van der Waals surface area contributed by atoms with Gasteiger partial charge in [0.2, 0.25) is 5.91 Å².